The van der Waals surface area contributed by atoms with Gasteiger partial charge in [-0.2, -0.15) is 0 Å². The Bertz CT molecular complexity index is 549. The number of carbonyl (C=O) groups is 1. The number of fused-ring (bicyclic) bond motifs is 1. The predicted molar refractivity (Wildman–Crippen MR) is 105 cm³/mol. The number of piperidine rings is 2. The average Bonchev–Trinajstić information content (AvgIpc) is 2.68. The van der Waals surface area contributed by atoms with Crippen LogP contribution in [0.3, 0.4) is 0 Å². The molecule has 0 radical (unpaired) electrons. The number of amides is 2. The van der Waals surface area contributed by atoms with Crippen molar-refractivity contribution in [3.8, 4) is 0 Å². The zero-order valence-corrected chi connectivity index (χ0v) is 16.0. The number of ether oxygens (including phenoxy) is 1. The van der Waals surface area contributed by atoms with Gasteiger partial charge in [-0.15, -0.1) is 0 Å². The summed E-state index contributed by atoms with van der Waals surface area (Å²) in [5, 5.41) is 3.06. The van der Waals surface area contributed by atoms with Gasteiger partial charge in [-0.3, -0.25) is 0 Å². The summed E-state index contributed by atoms with van der Waals surface area (Å²) in [5.74, 6) is 0.591. The molecule has 0 unspecified atom stereocenters. The first kappa shape index (κ1) is 19.2. The second kappa shape index (κ2) is 9.93. The molecule has 1 N–H and O–H groups in total. The second-order valence-corrected chi connectivity index (χ2v) is 7.59. The van der Waals surface area contributed by atoms with E-state index in [1.807, 2.05) is 35.2 Å². The molecule has 3 rings (SSSR count). The van der Waals surface area contributed by atoms with Crippen molar-refractivity contribution >= 4 is 11.7 Å². The molecule has 0 bridgehead atoms. The molecule has 5 nitrogen and oxygen atoms in total. The van der Waals surface area contributed by atoms with Crippen molar-refractivity contribution in [1.29, 1.82) is 0 Å². The number of rotatable bonds is 7. The van der Waals surface area contributed by atoms with Crippen molar-refractivity contribution in [1.82, 2.24) is 9.80 Å². The number of anilines is 1. The number of nitrogens with one attached hydrogen (secondary N) is 1. The maximum atomic E-state index is 12.9. The maximum absolute atomic E-state index is 12.9. The molecule has 2 aliphatic heterocycles. The smallest absolute Gasteiger partial charge is 0.321 e. The highest BCUT2D eigenvalue weighted by Crippen LogP contribution is 2.31. The molecule has 0 saturated carbocycles. The number of carbonyl (C=O) groups excluding carboxylic acids is 1. The van der Waals surface area contributed by atoms with E-state index in [1.54, 1.807) is 7.11 Å². The van der Waals surface area contributed by atoms with Gasteiger partial charge < -0.3 is 19.9 Å². The fraction of sp³-hybridized carbons (Fsp3) is 0.667. The van der Waals surface area contributed by atoms with Crippen LogP contribution in [0.25, 0.3) is 0 Å². The van der Waals surface area contributed by atoms with Gasteiger partial charge in [-0.05, 0) is 63.2 Å². The summed E-state index contributed by atoms with van der Waals surface area (Å²) in [6.07, 6.45) is 7.32. The molecule has 2 fully saturated rings. The van der Waals surface area contributed by atoms with Crippen LogP contribution in [0, 0.1) is 5.92 Å². The Morgan fingerprint density at radius 3 is 2.81 bits per heavy atom. The van der Waals surface area contributed by atoms with Gasteiger partial charge >= 0.3 is 6.03 Å². The first-order valence-electron chi connectivity index (χ1n) is 10.1. The molecule has 1 aromatic rings. The van der Waals surface area contributed by atoms with Crippen LogP contribution in [0.1, 0.15) is 38.5 Å². The van der Waals surface area contributed by atoms with Crippen molar-refractivity contribution in [2.24, 2.45) is 5.92 Å². The molecular formula is C21H33N3O2. The first-order chi connectivity index (χ1) is 12.8. The van der Waals surface area contributed by atoms with Crippen molar-refractivity contribution in [2.75, 3.05) is 45.2 Å². The summed E-state index contributed by atoms with van der Waals surface area (Å²) in [7, 11) is 1.72. The van der Waals surface area contributed by atoms with Gasteiger partial charge in [-0.1, -0.05) is 24.6 Å². The SMILES string of the molecule is COCCCN(C[C@@H]1CCCN2CCCC[C@H]12)C(=O)Nc1ccccc1. The van der Waals surface area contributed by atoms with Crippen molar-refractivity contribution in [3.63, 3.8) is 0 Å². The topological polar surface area (TPSA) is 44.8 Å². The quantitative estimate of drug-likeness (QED) is 0.753. The molecule has 0 aromatic heterocycles. The zero-order chi connectivity index (χ0) is 18.2. The van der Waals surface area contributed by atoms with E-state index in [9.17, 15) is 4.79 Å². The number of hydrogen-bond acceptors (Lipinski definition) is 3. The van der Waals surface area contributed by atoms with Gasteiger partial charge in [0, 0.05) is 38.5 Å². The highest BCUT2D eigenvalue weighted by atomic mass is 16.5. The summed E-state index contributed by atoms with van der Waals surface area (Å²) in [5.41, 5.74) is 0.858. The average molecular weight is 360 g/mol. The van der Waals surface area contributed by atoms with Crippen LogP contribution in [0.15, 0.2) is 30.3 Å². The monoisotopic (exact) mass is 359 g/mol. The van der Waals surface area contributed by atoms with Gasteiger partial charge in [0.2, 0.25) is 0 Å². The minimum atomic E-state index is 0.0141. The summed E-state index contributed by atoms with van der Waals surface area (Å²) >= 11 is 0. The number of benzene rings is 1. The summed E-state index contributed by atoms with van der Waals surface area (Å²) in [6, 6.07) is 10.4. The fourth-order valence-corrected chi connectivity index (χ4v) is 4.47. The Labute approximate surface area is 157 Å². The van der Waals surface area contributed by atoms with Crippen LogP contribution >= 0.6 is 0 Å². The Hall–Kier alpha value is -1.59. The molecule has 144 valence electrons. The predicted octanol–water partition coefficient (Wildman–Crippen LogP) is 3.82. The molecule has 5 heteroatoms. The van der Waals surface area contributed by atoms with Gasteiger partial charge in [0.05, 0.1) is 0 Å². The van der Waals surface area contributed by atoms with Crippen LogP contribution < -0.4 is 5.32 Å². The molecule has 2 saturated heterocycles. The van der Waals surface area contributed by atoms with Crippen LogP contribution in [-0.4, -0.2) is 61.8 Å². The Balaban J connectivity index is 1.63. The number of methoxy groups -OCH3 is 1. The Morgan fingerprint density at radius 2 is 2.00 bits per heavy atom. The van der Waals surface area contributed by atoms with E-state index in [2.05, 4.69) is 10.2 Å². The van der Waals surface area contributed by atoms with Gasteiger partial charge in [0.15, 0.2) is 0 Å². The van der Waals surface area contributed by atoms with Crippen LogP contribution in [0.2, 0.25) is 0 Å². The summed E-state index contributed by atoms with van der Waals surface area (Å²) in [4.78, 5) is 17.6. The zero-order valence-electron chi connectivity index (χ0n) is 16.0. The largest absolute Gasteiger partial charge is 0.385 e. The third-order valence-corrected chi connectivity index (χ3v) is 5.77. The van der Waals surface area contributed by atoms with Crippen molar-refractivity contribution in [2.45, 2.75) is 44.6 Å². The van der Waals surface area contributed by atoms with E-state index < -0.39 is 0 Å². The molecule has 2 heterocycles. The van der Waals surface area contributed by atoms with Gasteiger partial charge in [0.1, 0.15) is 0 Å². The third-order valence-electron chi connectivity index (χ3n) is 5.77. The lowest BCUT2D eigenvalue weighted by molar-refractivity contribution is 0.0456. The lowest BCUT2D eigenvalue weighted by Crippen LogP contribution is -2.52. The van der Waals surface area contributed by atoms with Crippen LogP contribution in [-0.2, 0) is 4.74 Å². The second-order valence-electron chi connectivity index (χ2n) is 7.59. The number of hydrogen-bond donors (Lipinski definition) is 1. The van der Waals surface area contributed by atoms with E-state index in [0.29, 0.717) is 18.6 Å². The summed E-state index contributed by atoms with van der Waals surface area (Å²) in [6.45, 7) is 4.76. The molecule has 2 atom stereocenters. The van der Waals surface area contributed by atoms with Gasteiger partial charge in [-0.25, -0.2) is 4.79 Å². The molecule has 0 spiro atoms. The van der Waals surface area contributed by atoms with Crippen LogP contribution in [0.4, 0.5) is 10.5 Å². The third kappa shape index (κ3) is 5.21. The van der Waals surface area contributed by atoms with E-state index in [-0.39, 0.29) is 6.03 Å². The number of urea groups is 1. The first-order valence-corrected chi connectivity index (χ1v) is 10.1. The standard InChI is InChI=1S/C21H33N3O2/c1-26-16-8-15-24(21(25)22-19-10-3-2-4-11-19)17-18-9-7-14-23-13-6-5-12-20(18)23/h2-4,10-11,18,20H,5-9,12-17H2,1H3,(H,22,25)/t18-,20+/m0/s1. The van der Waals surface area contributed by atoms with Crippen LogP contribution in [0.5, 0.6) is 0 Å². The van der Waals surface area contributed by atoms with E-state index >= 15 is 0 Å². The molecule has 1 aromatic carbocycles. The molecule has 2 aliphatic rings. The number of para-hydroxylation sites is 1. The lowest BCUT2D eigenvalue weighted by Gasteiger charge is -2.45. The molecule has 2 amide bonds. The van der Waals surface area contributed by atoms with Crippen molar-refractivity contribution in [3.05, 3.63) is 30.3 Å². The normalized spacial score (nSPS) is 23.3. The highest BCUT2D eigenvalue weighted by Gasteiger charge is 2.34. The Kier molecular flexibility index (Phi) is 7.32. The van der Waals surface area contributed by atoms with E-state index in [0.717, 1.165) is 25.2 Å². The van der Waals surface area contributed by atoms with E-state index in [4.69, 9.17) is 4.74 Å². The van der Waals surface area contributed by atoms with Gasteiger partial charge in [0.25, 0.3) is 0 Å². The maximum Gasteiger partial charge on any atom is 0.321 e. The van der Waals surface area contributed by atoms with E-state index in [1.165, 1.54) is 45.2 Å². The Morgan fingerprint density at radius 1 is 1.19 bits per heavy atom. The fourth-order valence-electron chi connectivity index (χ4n) is 4.47. The minimum absolute atomic E-state index is 0.0141. The number of nitrogens with zero attached hydrogens (tertiary/aromatic N) is 2. The highest BCUT2D eigenvalue weighted by molar-refractivity contribution is 5.89. The lowest BCUT2D eigenvalue weighted by atomic mass is 9.83. The molecule has 0 aliphatic carbocycles. The summed E-state index contributed by atoms with van der Waals surface area (Å²) < 4.78 is 5.20. The minimum Gasteiger partial charge on any atom is -0.385 e. The molecule has 26 heavy (non-hydrogen) atoms. The van der Waals surface area contributed by atoms with Crippen molar-refractivity contribution < 1.29 is 9.53 Å². The molecular weight excluding hydrogens is 326 g/mol.